The minimum absolute atomic E-state index is 0.0543. The van der Waals surface area contributed by atoms with Crippen LogP contribution in [0.25, 0.3) is 0 Å². The summed E-state index contributed by atoms with van der Waals surface area (Å²) in [7, 11) is 0. The first-order chi connectivity index (χ1) is 9.90. The molecule has 2 aromatic rings. The van der Waals surface area contributed by atoms with E-state index >= 15 is 0 Å². The van der Waals surface area contributed by atoms with Gasteiger partial charge in [-0.3, -0.25) is 10.1 Å². The molecule has 0 unspecified atom stereocenters. The van der Waals surface area contributed by atoms with Gasteiger partial charge in [0.25, 0.3) is 5.69 Å². The second-order valence-corrected chi connectivity index (χ2v) is 5.46. The fourth-order valence-electron chi connectivity index (χ4n) is 1.80. The van der Waals surface area contributed by atoms with Crippen LogP contribution in [0.3, 0.4) is 0 Å². The SMILES string of the molecule is CC(C)c1c(N)ncnc1Oc1cc([N+](=O)[O-])ccc1Br. The Balaban J connectivity index is 2.45. The van der Waals surface area contributed by atoms with E-state index in [1.54, 1.807) is 6.07 Å². The minimum atomic E-state index is -0.489. The molecule has 8 heteroatoms. The molecule has 0 saturated heterocycles. The Hall–Kier alpha value is -2.22. The molecule has 1 heterocycles. The number of ether oxygens (including phenoxy) is 1. The molecule has 0 atom stereocenters. The summed E-state index contributed by atoms with van der Waals surface area (Å²) < 4.78 is 6.27. The lowest BCUT2D eigenvalue weighted by Crippen LogP contribution is -2.04. The third-order valence-electron chi connectivity index (χ3n) is 2.79. The smallest absolute Gasteiger partial charge is 0.273 e. The van der Waals surface area contributed by atoms with E-state index in [9.17, 15) is 10.1 Å². The molecule has 0 saturated carbocycles. The number of benzene rings is 1. The van der Waals surface area contributed by atoms with E-state index in [-0.39, 0.29) is 11.6 Å². The summed E-state index contributed by atoms with van der Waals surface area (Å²) >= 11 is 3.29. The topological polar surface area (TPSA) is 104 Å². The normalized spacial score (nSPS) is 10.7. The van der Waals surface area contributed by atoms with Gasteiger partial charge >= 0.3 is 0 Å². The summed E-state index contributed by atoms with van der Waals surface area (Å²) in [6.07, 6.45) is 1.29. The molecule has 0 fully saturated rings. The summed E-state index contributed by atoms with van der Waals surface area (Å²) in [6, 6.07) is 4.26. The van der Waals surface area contributed by atoms with Crippen LogP contribution in [-0.2, 0) is 0 Å². The summed E-state index contributed by atoms with van der Waals surface area (Å²) in [5.74, 6) is 0.970. The highest BCUT2D eigenvalue weighted by molar-refractivity contribution is 9.10. The zero-order valence-corrected chi connectivity index (χ0v) is 13.0. The molecule has 1 aromatic carbocycles. The Morgan fingerprint density at radius 2 is 2.10 bits per heavy atom. The molecule has 0 amide bonds. The predicted octanol–water partition coefficient (Wildman–Crippen LogP) is 3.65. The van der Waals surface area contributed by atoms with Crippen LogP contribution in [0.2, 0.25) is 0 Å². The molecule has 0 aliphatic carbocycles. The number of anilines is 1. The van der Waals surface area contributed by atoms with Crippen LogP contribution in [0.5, 0.6) is 11.6 Å². The molecule has 0 aliphatic heterocycles. The first-order valence-corrected chi connectivity index (χ1v) is 6.91. The maximum Gasteiger partial charge on any atom is 0.273 e. The largest absolute Gasteiger partial charge is 0.437 e. The average molecular weight is 353 g/mol. The number of rotatable bonds is 4. The lowest BCUT2D eigenvalue weighted by molar-refractivity contribution is -0.384. The number of nitrogens with two attached hydrogens (primary N) is 1. The van der Waals surface area contributed by atoms with Gasteiger partial charge in [0.05, 0.1) is 21.0 Å². The van der Waals surface area contributed by atoms with E-state index in [1.165, 1.54) is 18.5 Å². The predicted molar refractivity (Wildman–Crippen MR) is 81.4 cm³/mol. The summed E-state index contributed by atoms with van der Waals surface area (Å²) in [4.78, 5) is 18.4. The number of hydrogen-bond donors (Lipinski definition) is 1. The van der Waals surface area contributed by atoms with Crippen molar-refractivity contribution in [3.8, 4) is 11.6 Å². The molecule has 0 aliphatic rings. The third-order valence-corrected chi connectivity index (χ3v) is 3.44. The van der Waals surface area contributed by atoms with Gasteiger partial charge in [-0.25, -0.2) is 9.97 Å². The number of halogens is 1. The van der Waals surface area contributed by atoms with Crippen LogP contribution in [0.4, 0.5) is 11.5 Å². The molecular weight excluding hydrogens is 340 g/mol. The van der Waals surface area contributed by atoms with E-state index < -0.39 is 4.92 Å². The second-order valence-electron chi connectivity index (χ2n) is 4.61. The van der Waals surface area contributed by atoms with E-state index in [0.29, 0.717) is 27.5 Å². The lowest BCUT2D eigenvalue weighted by Gasteiger charge is -2.14. The van der Waals surface area contributed by atoms with Crippen molar-refractivity contribution in [1.82, 2.24) is 9.97 Å². The Labute approximate surface area is 129 Å². The summed E-state index contributed by atoms with van der Waals surface area (Å²) in [5.41, 5.74) is 6.44. The summed E-state index contributed by atoms with van der Waals surface area (Å²) in [5, 5.41) is 10.8. The highest BCUT2D eigenvalue weighted by Crippen LogP contribution is 2.36. The van der Waals surface area contributed by atoms with Gasteiger partial charge in [0.1, 0.15) is 12.1 Å². The van der Waals surface area contributed by atoms with Crippen molar-refractivity contribution in [2.45, 2.75) is 19.8 Å². The first kappa shape index (κ1) is 15.2. The van der Waals surface area contributed by atoms with Gasteiger partial charge in [-0.1, -0.05) is 13.8 Å². The molecule has 0 spiro atoms. The number of hydrogen-bond acceptors (Lipinski definition) is 6. The summed E-state index contributed by atoms with van der Waals surface area (Å²) in [6.45, 7) is 3.87. The molecule has 2 N–H and O–H groups in total. The zero-order chi connectivity index (χ0) is 15.6. The van der Waals surface area contributed by atoms with Crippen molar-refractivity contribution in [2.24, 2.45) is 0 Å². The number of nitro benzene ring substituents is 1. The highest BCUT2D eigenvalue weighted by atomic mass is 79.9. The Kier molecular flexibility index (Phi) is 4.37. The van der Waals surface area contributed by atoms with Gasteiger partial charge in [0, 0.05) is 6.07 Å². The Bertz CT molecular complexity index is 691. The second kappa shape index (κ2) is 6.04. The molecule has 7 nitrogen and oxygen atoms in total. The van der Waals surface area contributed by atoms with Crippen LogP contribution < -0.4 is 10.5 Å². The maximum absolute atomic E-state index is 10.8. The van der Waals surface area contributed by atoms with Crippen LogP contribution in [0, 0.1) is 10.1 Å². The van der Waals surface area contributed by atoms with E-state index in [1.807, 2.05) is 13.8 Å². The number of nitrogen functional groups attached to an aromatic ring is 1. The Morgan fingerprint density at radius 3 is 2.71 bits per heavy atom. The fraction of sp³-hybridized carbons (Fsp3) is 0.231. The molecular formula is C13H13BrN4O3. The standard InChI is InChI=1S/C13H13BrN4O3/c1-7(2)11-12(15)16-6-17-13(11)21-10-5-8(18(19)20)3-4-9(10)14/h3-7H,1-2H3,(H2,15,16,17). The number of nitro groups is 1. The number of aromatic nitrogens is 2. The minimum Gasteiger partial charge on any atom is -0.437 e. The van der Waals surface area contributed by atoms with Gasteiger partial charge in [-0.15, -0.1) is 0 Å². The maximum atomic E-state index is 10.8. The lowest BCUT2D eigenvalue weighted by atomic mass is 10.1. The van der Waals surface area contributed by atoms with Gasteiger partial charge in [-0.05, 0) is 27.9 Å². The van der Waals surface area contributed by atoms with Crippen LogP contribution in [-0.4, -0.2) is 14.9 Å². The van der Waals surface area contributed by atoms with Crippen molar-refractivity contribution in [2.75, 3.05) is 5.73 Å². The van der Waals surface area contributed by atoms with Gasteiger partial charge in [0.15, 0.2) is 5.75 Å². The van der Waals surface area contributed by atoms with Crippen LogP contribution in [0.15, 0.2) is 29.0 Å². The monoisotopic (exact) mass is 352 g/mol. The molecule has 110 valence electrons. The van der Waals surface area contributed by atoms with Gasteiger partial charge in [0.2, 0.25) is 5.88 Å². The molecule has 0 bridgehead atoms. The molecule has 1 aromatic heterocycles. The van der Waals surface area contributed by atoms with E-state index in [4.69, 9.17) is 10.5 Å². The zero-order valence-electron chi connectivity index (χ0n) is 11.4. The first-order valence-electron chi connectivity index (χ1n) is 6.12. The van der Waals surface area contributed by atoms with Crippen molar-refractivity contribution >= 4 is 27.4 Å². The van der Waals surface area contributed by atoms with Gasteiger partial charge < -0.3 is 10.5 Å². The van der Waals surface area contributed by atoms with Crippen LogP contribution in [0.1, 0.15) is 25.3 Å². The van der Waals surface area contributed by atoms with Crippen molar-refractivity contribution < 1.29 is 9.66 Å². The van der Waals surface area contributed by atoms with E-state index in [0.717, 1.165) is 0 Å². The van der Waals surface area contributed by atoms with Crippen LogP contribution >= 0.6 is 15.9 Å². The highest BCUT2D eigenvalue weighted by Gasteiger charge is 2.17. The number of non-ortho nitro benzene ring substituents is 1. The average Bonchev–Trinajstić information content (AvgIpc) is 2.40. The van der Waals surface area contributed by atoms with Crippen molar-refractivity contribution in [3.63, 3.8) is 0 Å². The van der Waals surface area contributed by atoms with E-state index in [2.05, 4.69) is 25.9 Å². The molecule has 0 radical (unpaired) electrons. The number of nitrogens with zero attached hydrogens (tertiary/aromatic N) is 3. The molecule has 2 rings (SSSR count). The van der Waals surface area contributed by atoms with Gasteiger partial charge in [-0.2, -0.15) is 0 Å². The van der Waals surface area contributed by atoms with Crippen molar-refractivity contribution in [3.05, 3.63) is 44.7 Å². The molecule has 21 heavy (non-hydrogen) atoms. The Morgan fingerprint density at radius 1 is 1.38 bits per heavy atom. The third kappa shape index (κ3) is 3.27. The fourth-order valence-corrected chi connectivity index (χ4v) is 2.13. The van der Waals surface area contributed by atoms with Crippen molar-refractivity contribution in [1.29, 1.82) is 0 Å². The quantitative estimate of drug-likeness (QED) is 0.665.